The second-order valence-electron chi connectivity index (χ2n) is 5.00. The number of carboxylic acid groups (broad SMARTS) is 1. The molecule has 4 nitrogen and oxygen atoms in total. The van der Waals surface area contributed by atoms with Gasteiger partial charge in [0.25, 0.3) is 0 Å². The van der Waals surface area contributed by atoms with Crippen molar-refractivity contribution in [3.63, 3.8) is 0 Å². The zero-order valence-electron chi connectivity index (χ0n) is 12.5. The quantitative estimate of drug-likeness (QED) is 0.400. The van der Waals surface area contributed by atoms with Crippen molar-refractivity contribution >= 4 is 17.8 Å². The molecule has 0 bridgehead atoms. The van der Waals surface area contributed by atoms with Gasteiger partial charge in [-0.1, -0.05) is 12.1 Å². The van der Waals surface area contributed by atoms with Gasteiger partial charge in [0, 0.05) is 17.5 Å². The van der Waals surface area contributed by atoms with Crippen LogP contribution in [-0.4, -0.2) is 21.8 Å². The van der Waals surface area contributed by atoms with Gasteiger partial charge >= 0.3 is 12.1 Å². The maximum absolute atomic E-state index is 12.5. The van der Waals surface area contributed by atoms with Gasteiger partial charge in [0.15, 0.2) is 5.78 Å². The number of carbonyl (C=O) groups excluding carboxylic acids is 1. The lowest BCUT2D eigenvalue weighted by molar-refractivity contribution is -0.137. The van der Waals surface area contributed by atoms with E-state index in [-0.39, 0.29) is 5.56 Å². The van der Waals surface area contributed by atoms with Gasteiger partial charge in [0.05, 0.1) is 5.56 Å². The number of pyridine rings is 1. The SMILES string of the molecule is Cc1cc(/C=C(/C(=O)O)C(=O)c2ccc(C(F)(F)F)cc2)ccn1. The van der Waals surface area contributed by atoms with E-state index in [9.17, 15) is 27.9 Å². The molecule has 0 radical (unpaired) electrons. The Morgan fingerprint density at radius 3 is 2.25 bits per heavy atom. The van der Waals surface area contributed by atoms with Crippen molar-refractivity contribution in [3.8, 4) is 0 Å². The fourth-order valence-corrected chi connectivity index (χ4v) is 2.01. The van der Waals surface area contributed by atoms with E-state index < -0.39 is 29.1 Å². The summed E-state index contributed by atoms with van der Waals surface area (Å²) in [7, 11) is 0. The molecule has 0 spiro atoms. The number of aryl methyl sites for hydroxylation is 1. The Kier molecular flexibility index (Phi) is 4.82. The summed E-state index contributed by atoms with van der Waals surface area (Å²) < 4.78 is 37.6. The van der Waals surface area contributed by atoms with Crippen LogP contribution in [0.25, 0.3) is 6.08 Å². The lowest BCUT2D eigenvalue weighted by Crippen LogP contribution is -2.13. The summed E-state index contributed by atoms with van der Waals surface area (Å²) in [6, 6.07) is 6.50. The van der Waals surface area contributed by atoms with Gasteiger partial charge in [-0.15, -0.1) is 0 Å². The molecular formula is C17H12F3NO3. The molecule has 1 aromatic heterocycles. The second kappa shape index (κ2) is 6.66. The number of carboxylic acids is 1. The maximum Gasteiger partial charge on any atom is 0.416 e. The van der Waals surface area contributed by atoms with Crippen molar-refractivity contribution in [3.05, 3.63) is 70.6 Å². The molecule has 0 unspecified atom stereocenters. The number of aliphatic carboxylic acids is 1. The molecule has 0 aliphatic carbocycles. The number of benzene rings is 1. The van der Waals surface area contributed by atoms with Gasteiger partial charge in [0.2, 0.25) is 0 Å². The van der Waals surface area contributed by atoms with Crippen molar-refractivity contribution in [2.75, 3.05) is 0 Å². The van der Waals surface area contributed by atoms with Crippen molar-refractivity contribution in [1.29, 1.82) is 0 Å². The van der Waals surface area contributed by atoms with Gasteiger partial charge in [-0.2, -0.15) is 13.2 Å². The standard InChI is InChI=1S/C17H12F3NO3/c1-10-8-11(6-7-21-10)9-14(16(23)24)15(22)12-2-4-13(5-3-12)17(18,19)20/h2-9H,1H3,(H,23,24)/b14-9+. The summed E-state index contributed by atoms with van der Waals surface area (Å²) in [6.45, 7) is 1.70. The smallest absolute Gasteiger partial charge is 0.416 e. The summed E-state index contributed by atoms with van der Waals surface area (Å²) in [5, 5.41) is 9.23. The Morgan fingerprint density at radius 1 is 1.12 bits per heavy atom. The van der Waals surface area contributed by atoms with E-state index in [0.29, 0.717) is 11.3 Å². The van der Waals surface area contributed by atoms with Gasteiger partial charge in [0.1, 0.15) is 5.57 Å². The molecule has 7 heteroatoms. The van der Waals surface area contributed by atoms with Crippen molar-refractivity contribution in [2.45, 2.75) is 13.1 Å². The highest BCUT2D eigenvalue weighted by atomic mass is 19.4. The molecule has 2 rings (SSSR count). The number of rotatable bonds is 4. The van der Waals surface area contributed by atoms with E-state index in [2.05, 4.69) is 4.98 Å². The van der Waals surface area contributed by atoms with Gasteiger partial charge in [-0.05, 0) is 42.8 Å². The number of ketones is 1. The van der Waals surface area contributed by atoms with Crippen LogP contribution in [0.1, 0.15) is 27.2 Å². The second-order valence-corrected chi connectivity index (χ2v) is 5.00. The summed E-state index contributed by atoms with van der Waals surface area (Å²) in [5.74, 6) is -2.33. The van der Waals surface area contributed by atoms with E-state index in [1.165, 1.54) is 12.3 Å². The summed E-state index contributed by atoms with van der Waals surface area (Å²) in [5.41, 5.74) is -0.497. The van der Waals surface area contributed by atoms with Gasteiger partial charge in [-0.25, -0.2) is 4.79 Å². The highest BCUT2D eigenvalue weighted by Gasteiger charge is 2.30. The fourth-order valence-electron chi connectivity index (χ4n) is 2.01. The Morgan fingerprint density at radius 2 is 1.75 bits per heavy atom. The molecule has 0 fully saturated rings. The minimum Gasteiger partial charge on any atom is -0.478 e. The first kappa shape index (κ1) is 17.4. The van der Waals surface area contributed by atoms with Gasteiger partial charge < -0.3 is 5.11 Å². The Hall–Kier alpha value is -2.96. The Balaban J connectivity index is 2.38. The molecule has 0 atom stereocenters. The predicted molar refractivity (Wildman–Crippen MR) is 80.4 cm³/mol. The van der Waals surface area contributed by atoms with Crippen LogP contribution in [0.5, 0.6) is 0 Å². The zero-order chi connectivity index (χ0) is 17.9. The highest BCUT2D eigenvalue weighted by molar-refractivity contribution is 6.26. The number of hydrogen-bond donors (Lipinski definition) is 1. The number of aromatic nitrogens is 1. The van der Waals surface area contributed by atoms with E-state index in [4.69, 9.17) is 0 Å². The lowest BCUT2D eigenvalue weighted by Gasteiger charge is -2.07. The van der Waals surface area contributed by atoms with Crippen LogP contribution >= 0.6 is 0 Å². The van der Waals surface area contributed by atoms with Crippen LogP contribution < -0.4 is 0 Å². The van der Waals surface area contributed by atoms with Crippen molar-refractivity contribution in [2.24, 2.45) is 0 Å². The molecule has 1 aromatic carbocycles. The number of carbonyl (C=O) groups is 2. The lowest BCUT2D eigenvalue weighted by atomic mass is 10.00. The van der Waals surface area contributed by atoms with E-state index in [1.807, 2.05) is 0 Å². The third-order valence-electron chi connectivity index (χ3n) is 3.18. The molecule has 0 saturated carbocycles. The van der Waals surface area contributed by atoms with E-state index in [1.54, 1.807) is 13.0 Å². The van der Waals surface area contributed by atoms with Crippen LogP contribution in [0.15, 0.2) is 48.2 Å². The number of nitrogens with zero attached hydrogens (tertiary/aromatic N) is 1. The fraction of sp³-hybridized carbons (Fsp3) is 0.118. The Bertz CT molecular complexity index is 809. The third-order valence-corrected chi connectivity index (χ3v) is 3.18. The van der Waals surface area contributed by atoms with E-state index in [0.717, 1.165) is 30.3 Å². The van der Waals surface area contributed by atoms with Crippen LogP contribution in [0, 0.1) is 6.92 Å². The van der Waals surface area contributed by atoms with Crippen molar-refractivity contribution in [1.82, 2.24) is 4.98 Å². The molecule has 0 amide bonds. The molecule has 124 valence electrons. The average molecular weight is 335 g/mol. The first-order chi connectivity index (χ1) is 11.2. The monoisotopic (exact) mass is 335 g/mol. The molecular weight excluding hydrogens is 323 g/mol. The number of Topliss-reactive ketones (excluding diaryl/α,β-unsaturated/α-hetero) is 1. The van der Waals surface area contributed by atoms with Crippen LogP contribution in [0.4, 0.5) is 13.2 Å². The summed E-state index contributed by atoms with van der Waals surface area (Å²) in [4.78, 5) is 27.6. The molecule has 0 aliphatic rings. The summed E-state index contributed by atoms with van der Waals surface area (Å²) >= 11 is 0. The van der Waals surface area contributed by atoms with Crippen molar-refractivity contribution < 1.29 is 27.9 Å². The maximum atomic E-state index is 12.5. The molecule has 0 aliphatic heterocycles. The molecule has 1 N–H and O–H groups in total. The Labute approximate surface area is 135 Å². The topological polar surface area (TPSA) is 67.3 Å². The third kappa shape index (κ3) is 4.07. The summed E-state index contributed by atoms with van der Waals surface area (Å²) in [6.07, 6.45) is -1.90. The van der Waals surface area contributed by atoms with Crippen LogP contribution in [0.2, 0.25) is 0 Å². The largest absolute Gasteiger partial charge is 0.478 e. The molecule has 1 heterocycles. The first-order valence-electron chi connectivity index (χ1n) is 6.78. The first-order valence-corrected chi connectivity index (χ1v) is 6.78. The molecule has 24 heavy (non-hydrogen) atoms. The molecule has 0 saturated heterocycles. The molecule has 2 aromatic rings. The zero-order valence-corrected chi connectivity index (χ0v) is 12.5. The number of hydrogen-bond acceptors (Lipinski definition) is 3. The van der Waals surface area contributed by atoms with E-state index >= 15 is 0 Å². The number of halogens is 3. The minimum atomic E-state index is -4.53. The minimum absolute atomic E-state index is 0.137. The highest BCUT2D eigenvalue weighted by Crippen LogP contribution is 2.29. The normalized spacial score (nSPS) is 12.1. The van der Waals surface area contributed by atoms with Crippen LogP contribution in [0.3, 0.4) is 0 Å². The number of alkyl halides is 3. The van der Waals surface area contributed by atoms with Gasteiger partial charge in [-0.3, -0.25) is 9.78 Å². The average Bonchev–Trinajstić information content (AvgIpc) is 2.51. The van der Waals surface area contributed by atoms with Crippen LogP contribution in [-0.2, 0) is 11.0 Å². The predicted octanol–water partition coefficient (Wildman–Crippen LogP) is 3.76.